The molecule has 164 valence electrons. The zero-order valence-corrected chi connectivity index (χ0v) is 19.3. The van der Waals surface area contributed by atoms with Crippen LogP contribution in [0.3, 0.4) is 0 Å². The van der Waals surface area contributed by atoms with E-state index in [2.05, 4.69) is 47.3 Å². The lowest BCUT2D eigenvalue weighted by Crippen LogP contribution is -2.54. The van der Waals surface area contributed by atoms with E-state index in [1.54, 1.807) is 11.4 Å². The maximum Gasteiger partial charge on any atom is 0.216 e. The molecule has 29 heavy (non-hydrogen) atoms. The molecule has 1 heterocycles. The van der Waals surface area contributed by atoms with E-state index in [1.807, 2.05) is 13.8 Å². The number of nitrogens with zero attached hydrogens (tertiary/aromatic N) is 3. The molecule has 1 aliphatic rings. The Morgan fingerprint density at radius 1 is 1.21 bits per heavy atom. The van der Waals surface area contributed by atoms with Crippen molar-refractivity contribution < 1.29 is 13.2 Å². The quantitative estimate of drug-likeness (QED) is 0.509. The van der Waals surface area contributed by atoms with Crippen molar-refractivity contribution in [2.45, 2.75) is 40.2 Å². The van der Waals surface area contributed by atoms with Crippen molar-refractivity contribution in [1.82, 2.24) is 14.5 Å². The first-order valence-corrected chi connectivity index (χ1v) is 11.9. The highest BCUT2D eigenvalue weighted by Crippen LogP contribution is 2.11. The maximum absolute atomic E-state index is 12.5. The maximum atomic E-state index is 12.5. The number of aliphatic imine (C=N–C) groups is 1. The second-order valence-electron chi connectivity index (χ2n) is 7.78. The number of nitrogens with one attached hydrogen (secondary N) is 1. The topological polar surface area (TPSA) is 74.2 Å². The van der Waals surface area contributed by atoms with Crippen molar-refractivity contribution in [3.63, 3.8) is 0 Å². The van der Waals surface area contributed by atoms with Gasteiger partial charge in [-0.1, -0.05) is 23.8 Å². The van der Waals surface area contributed by atoms with Gasteiger partial charge in [0.1, 0.15) is 0 Å². The number of rotatable bonds is 8. The van der Waals surface area contributed by atoms with Crippen molar-refractivity contribution in [3.8, 4) is 0 Å². The van der Waals surface area contributed by atoms with Crippen LogP contribution < -0.4 is 5.32 Å². The van der Waals surface area contributed by atoms with Gasteiger partial charge in [0.15, 0.2) is 5.96 Å². The predicted octanol–water partition coefficient (Wildman–Crippen LogP) is 1.79. The molecule has 8 heteroatoms. The smallest absolute Gasteiger partial charge is 0.216 e. The minimum atomic E-state index is -3.27. The minimum absolute atomic E-state index is 0.0358. The van der Waals surface area contributed by atoms with Gasteiger partial charge in [0.2, 0.25) is 10.0 Å². The predicted molar refractivity (Wildman–Crippen MR) is 119 cm³/mol. The van der Waals surface area contributed by atoms with Crippen LogP contribution in [0.4, 0.5) is 0 Å². The van der Waals surface area contributed by atoms with Crippen LogP contribution in [0, 0.1) is 13.8 Å². The van der Waals surface area contributed by atoms with Crippen LogP contribution in [0.1, 0.15) is 30.5 Å². The summed E-state index contributed by atoms with van der Waals surface area (Å²) in [7, 11) is -1.51. The highest BCUT2D eigenvalue weighted by molar-refractivity contribution is 7.89. The first kappa shape index (κ1) is 23.6. The Morgan fingerprint density at radius 3 is 2.48 bits per heavy atom. The summed E-state index contributed by atoms with van der Waals surface area (Å²) in [6.45, 7) is 11.3. The Labute approximate surface area is 176 Å². The fourth-order valence-corrected chi connectivity index (χ4v) is 4.75. The van der Waals surface area contributed by atoms with Gasteiger partial charge in [-0.15, -0.1) is 0 Å². The second kappa shape index (κ2) is 10.9. The van der Waals surface area contributed by atoms with Crippen LogP contribution in [-0.4, -0.2) is 81.8 Å². The number of hydrogen-bond acceptors (Lipinski definition) is 4. The third kappa shape index (κ3) is 7.28. The molecule has 0 spiro atoms. The normalized spacial score (nSPS) is 16.5. The van der Waals surface area contributed by atoms with Crippen molar-refractivity contribution >= 4 is 16.0 Å². The number of hydrogen-bond donors (Lipinski definition) is 1. The van der Waals surface area contributed by atoms with Crippen LogP contribution in [0.25, 0.3) is 0 Å². The van der Waals surface area contributed by atoms with Gasteiger partial charge >= 0.3 is 0 Å². The standard InChI is InChI=1S/C21H36N4O3S/c1-17(2)28-14-15-29(26,27)25-12-10-24(11-13-25)21(22-5)23-9-8-20-7-6-18(3)16-19(20)4/h6-7,16-17H,8-15H2,1-5H3,(H,22,23). The average molecular weight is 425 g/mol. The fraction of sp³-hybridized carbons (Fsp3) is 0.667. The van der Waals surface area contributed by atoms with Gasteiger partial charge < -0.3 is 15.0 Å². The summed E-state index contributed by atoms with van der Waals surface area (Å²) in [4.78, 5) is 6.50. The highest BCUT2D eigenvalue weighted by atomic mass is 32.2. The number of aryl methyl sites for hydroxylation is 2. The first-order chi connectivity index (χ1) is 13.7. The molecule has 1 saturated heterocycles. The molecule has 0 aliphatic carbocycles. The van der Waals surface area contributed by atoms with Crippen LogP contribution in [0.15, 0.2) is 23.2 Å². The van der Waals surface area contributed by atoms with E-state index in [9.17, 15) is 8.42 Å². The van der Waals surface area contributed by atoms with E-state index in [1.165, 1.54) is 16.7 Å². The highest BCUT2D eigenvalue weighted by Gasteiger charge is 2.27. The fourth-order valence-electron chi connectivity index (χ4n) is 3.46. The number of benzene rings is 1. The van der Waals surface area contributed by atoms with Crippen molar-refractivity contribution in [1.29, 1.82) is 0 Å². The third-order valence-corrected chi connectivity index (χ3v) is 6.95. The van der Waals surface area contributed by atoms with E-state index < -0.39 is 10.0 Å². The second-order valence-corrected chi connectivity index (χ2v) is 9.86. The molecule has 1 fully saturated rings. The lowest BCUT2D eigenvalue weighted by Gasteiger charge is -2.35. The molecule has 1 N–H and O–H groups in total. The van der Waals surface area contributed by atoms with Gasteiger partial charge in [0, 0.05) is 39.8 Å². The van der Waals surface area contributed by atoms with Crippen molar-refractivity contribution in [2.24, 2.45) is 4.99 Å². The van der Waals surface area contributed by atoms with Gasteiger partial charge in [-0.25, -0.2) is 8.42 Å². The summed E-state index contributed by atoms with van der Waals surface area (Å²) < 4.78 is 31.9. The molecule has 0 radical (unpaired) electrons. The summed E-state index contributed by atoms with van der Waals surface area (Å²) in [6, 6.07) is 6.53. The number of piperazine rings is 1. The molecule has 7 nitrogen and oxygen atoms in total. The summed E-state index contributed by atoms with van der Waals surface area (Å²) in [5, 5.41) is 3.42. The largest absolute Gasteiger partial charge is 0.378 e. The molecule has 0 bridgehead atoms. The summed E-state index contributed by atoms with van der Waals surface area (Å²) in [5.74, 6) is 0.864. The van der Waals surface area contributed by atoms with Gasteiger partial charge in [-0.05, 0) is 45.2 Å². The van der Waals surface area contributed by atoms with Crippen LogP contribution in [0.5, 0.6) is 0 Å². The lowest BCUT2D eigenvalue weighted by atomic mass is 10.0. The Morgan fingerprint density at radius 2 is 1.90 bits per heavy atom. The minimum Gasteiger partial charge on any atom is -0.378 e. The lowest BCUT2D eigenvalue weighted by molar-refractivity contribution is 0.0904. The zero-order chi connectivity index (χ0) is 21.4. The molecular formula is C21H36N4O3S. The van der Waals surface area contributed by atoms with E-state index in [0.717, 1.165) is 18.9 Å². The molecule has 0 atom stereocenters. The van der Waals surface area contributed by atoms with Crippen molar-refractivity contribution in [3.05, 3.63) is 34.9 Å². The van der Waals surface area contributed by atoms with Gasteiger partial charge in [-0.2, -0.15) is 4.31 Å². The van der Waals surface area contributed by atoms with Crippen molar-refractivity contribution in [2.75, 3.05) is 52.1 Å². The Balaban J connectivity index is 1.80. The molecule has 1 aromatic rings. The van der Waals surface area contributed by atoms with E-state index in [-0.39, 0.29) is 18.5 Å². The summed E-state index contributed by atoms with van der Waals surface area (Å²) >= 11 is 0. The summed E-state index contributed by atoms with van der Waals surface area (Å²) in [6.07, 6.45) is 0.968. The SMILES string of the molecule is CN=C(NCCc1ccc(C)cc1C)N1CCN(S(=O)(=O)CCOC(C)C)CC1. The average Bonchev–Trinajstić information content (AvgIpc) is 2.66. The monoisotopic (exact) mass is 424 g/mol. The molecular weight excluding hydrogens is 388 g/mol. The van der Waals surface area contributed by atoms with Crippen LogP contribution >= 0.6 is 0 Å². The van der Waals surface area contributed by atoms with Gasteiger partial charge in [0.25, 0.3) is 0 Å². The molecule has 1 aliphatic heterocycles. The van der Waals surface area contributed by atoms with Gasteiger partial charge in [-0.3, -0.25) is 4.99 Å². The molecule has 0 amide bonds. The van der Waals surface area contributed by atoms with Crippen LogP contribution in [0.2, 0.25) is 0 Å². The van der Waals surface area contributed by atoms with E-state index in [0.29, 0.717) is 26.2 Å². The molecule has 0 saturated carbocycles. The van der Waals surface area contributed by atoms with Crippen LogP contribution in [-0.2, 0) is 21.2 Å². The Bertz CT molecular complexity index is 785. The third-order valence-electron chi connectivity index (χ3n) is 5.11. The Hall–Kier alpha value is -1.64. The molecule has 0 unspecified atom stereocenters. The first-order valence-electron chi connectivity index (χ1n) is 10.3. The van der Waals surface area contributed by atoms with E-state index >= 15 is 0 Å². The number of sulfonamides is 1. The molecule has 2 rings (SSSR count). The van der Waals surface area contributed by atoms with E-state index in [4.69, 9.17) is 4.74 Å². The number of ether oxygens (including phenoxy) is 1. The number of guanidine groups is 1. The van der Waals surface area contributed by atoms with Gasteiger partial charge in [0.05, 0.1) is 18.5 Å². The molecule has 1 aromatic carbocycles. The summed E-state index contributed by atoms with van der Waals surface area (Å²) in [5.41, 5.74) is 3.92. The molecule has 0 aromatic heterocycles. The zero-order valence-electron chi connectivity index (χ0n) is 18.4. The Kier molecular flexibility index (Phi) is 8.92.